The molecular formula is C15H17NO3S. The summed E-state index contributed by atoms with van der Waals surface area (Å²) >= 11 is 1.60. The van der Waals surface area contributed by atoms with Gasteiger partial charge in [0.1, 0.15) is 5.75 Å². The molecule has 0 aliphatic rings. The van der Waals surface area contributed by atoms with Gasteiger partial charge in [-0.15, -0.1) is 11.3 Å². The molecule has 1 amide bonds. The average Bonchev–Trinajstić information content (AvgIpc) is 2.96. The van der Waals surface area contributed by atoms with Crippen LogP contribution in [0.25, 0.3) is 0 Å². The number of rotatable bonds is 6. The molecule has 2 N–H and O–H groups in total. The highest BCUT2D eigenvalue weighted by Gasteiger charge is 2.05. The Hall–Kier alpha value is -1.85. The van der Waals surface area contributed by atoms with E-state index in [2.05, 4.69) is 5.32 Å². The Balaban J connectivity index is 1.79. The van der Waals surface area contributed by atoms with Crippen LogP contribution in [0, 0.1) is 0 Å². The van der Waals surface area contributed by atoms with E-state index < -0.39 is 6.10 Å². The summed E-state index contributed by atoms with van der Waals surface area (Å²) in [5.74, 6) is 0.413. The number of aliphatic hydroxyl groups is 1. The fraction of sp³-hybridized carbons (Fsp3) is 0.267. The van der Waals surface area contributed by atoms with Crippen molar-refractivity contribution in [1.29, 1.82) is 0 Å². The topological polar surface area (TPSA) is 58.6 Å². The molecule has 2 rings (SSSR count). The minimum Gasteiger partial charge on any atom is -0.484 e. The molecule has 0 aliphatic heterocycles. The lowest BCUT2D eigenvalue weighted by molar-refractivity contribution is -0.123. The number of ether oxygens (including phenoxy) is 1. The number of aliphatic hydroxyl groups excluding tert-OH is 1. The van der Waals surface area contributed by atoms with E-state index >= 15 is 0 Å². The maximum Gasteiger partial charge on any atom is 0.258 e. The van der Waals surface area contributed by atoms with Crippen molar-refractivity contribution in [3.63, 3.8) is 0 Å². The maximum absolute atomic E-state index is 11.6. The van der Waals surface area contributed by atoms with E-state index in [-0.39, 0.29) is 12.5 Å². The Morgan fingerprint density at radius 1 is 1.40 bits per heavy atom. The zero-order valence-electron chi connectivity index (χ0n) is 11.2. The lowest BCUT2D eigenvalue weighted by atomic mass is 10.1. The monoisotopic (exact) mass is 291 g/mol. The van der Waals surface area contributed by atoms with Gasteiger partial charge in [0.2, 0.25) is 0 Å². The van der Waals surface area contributed by atoms with Gasteiger partial charge in [0.25, 0.3) is 5.91 Å². The number of benzene rings is 1. The van der Waals surface area contributed by atoms with Crippen LogP contribution < -0.4 is 10.1 Å². The van der Waals surface area contributed by atoms with Crippen molar-refractivity contribution in [2.24, 2.45) is 0 Å². The smallest absolute Gasteiger partial charge is 0.258 e. The SMILES string of the molecule is CC(O)c1cccc(OCC(=O)NCc2cccs2)c1. The van der Waals surface area contributed by atoms with Gasteiger partial charge in [-0.2, -0.15) is 0 Å². The lowest BCUT2D eigenvalue weighted by Crippen LogP contribution is -2.28. The molecule has 1 aromatic carbocycles. The fourth-order valence-electron chi connectivity index (χ4n) is 1.66. The molecule has 106 valence electrons. The number of hydrogen-bond donors (Lipinski definition) is 2. The highest BCUT2D eigenvalue weighted by molar-refractivity contribution is 7.09. The first kappa shape index (κ1) is 14.6. The third-order valence-electron chi connectivity index (χ3n) is 2.75. The Kier molecular flexibility index (Phi) is 5.15. The van der Waals surface area contributed by atoms with Crippen molar-refractivity contribution in [2.75, 3.05) is 6.61 Å². The molecule has 1 unspecified atom stereocenters. The molecule has 1 heterocycles. The van der Waals surface area contributed by atoms with E-state index in [1.807, 2.05) is 23.6 Å². The summed E-state index contributed by atoms with van der Waals surface area (Å²) in [7, 11) is 0. The third-order valence-corrected chi connectivity index (χ3v) is 3.63. The molecule has 1 aromatic heterocycles. The van der Waals surface area contributed by atoms with Crippen LogP contribution >= 0.6 is 11.3 Å². The van der Waals surface area contributed by atoms with Crippen LogP contribution in [0.1, 0.15) is 23.5 Å². The highest BCUT2D eigenvalue weighted by Crippen LogP contribution is 2.18. The summed E-state index contributed by atoms with van der Waals surface area (Å²) in [4.78, 5) is 12.8. The molecule has 5 heteroatoms. The summed E-state index contributed by atoms with van der Waals surface area (Å²) in [6, 6.07) is 11.0. The van der Waals surface area contributed by atoms with Crippen LogP contribution in [-0.2, 0) is 11.3 Å². The van der Waals surface area contributed by atoms with Gasteiger partial charge in [-0.1, -0.05) is 18.2 Å². The summed E-state index contributed by atoms with van der Waals surface area (Å²) in [5.41, 5.74) is 0.765. The van der Waals surface area contributed by atoms with Gasteiger partial charge in [-0.3, -0.25) is 4.79 Å². The van der Waals surface area contributed by atoms with Gasteiger partial charge in [0.05, 0.1) is 12.6 Å². The first-order valence-corrected chi connectivity index (χ1v) is 7.23. The Morgan fingerprint density at radius 2 is 2.25 bits per heavy atom. The third kappa shape index (κ3) is 4.36. The van der Waals surface area contributed by atoms with E-state index in [1.54, 1.807) is 36.5 Å². The maximum atomic E-state index is 11.6. The summed E-state index contributed by atoms with van der Waals surface area (Å²) in [6.45, 7) is 2.18. The van der Waals surface area contributed by atoms with Crippen molar-refractivity contribution >= 4 is 17.2 Å². The van der Waals surface area contributed by atoms with E-state index in [0.717, 1.165) is 10.4 Å². The van der Waals surface area contributed by atoms with Crippen LogP contribution in [0.5, 0.6) is 5.75 Å². The van der Waals surface area contributed by atoms with Crippen molar-refractivity contribution in [3.05, 3.63) is 52.2 Å². The second kappa shape index (κ2) is 7.07. The fourth-order valence-corrected chi connectivity index (χ4v) is 2.31. The average molecular weight is 291 g/mol. The van der Waals surface area contributed by atoms with Crippen molar-refractivity contribution in [3.8, 4) is 5.75 Å². The van der Waals surface area contributed by atoms with Crippen molar-refractivity contribution in [1.82, 2.24) is 5.32 Å². The van der Waals surface area contributed by atoms with Crippen LogP contribution in [-0.4, -0.2) is 17.6 Å². The summed E-state index contributed by atoms with van der Waals surface area (Å²) < 4.78 is 5.41. The van der Waals surface area contributed by atoms with E-state index in [9.17, 15) is 9.90 Å². The predicted octanol–water partition coefficient (Wildman–Crippen LogP) is 2.50. The van der Waals surface area contributed by atoms with Crippen LogP contribution in [0.4, 0.5) is 0 Å². The van der Waals surface area contributed by atoms with Gasteiger partial charge in [0.15, 0.2) is 6.61 Å². The lowest BCUT2D eigenvalue weighted by Gasteiger charge is -2.09. The van der Waals surface area contributed by atoms with Gasteiger partial charge in [0, 0.05) is 4.88 Å². The van der Waals surface area contributed by atoms with E-state index in [0.29, 0.717) is 12.3 Å². The van der Waals surface area contributed by atoms with Crippen LogP contribution in [0.15, 0.2) is 41.8 Å². The molecule has 0 radical (unpaired) electrons. The van der Waals surface area contributed by atoms with Gasteiger partial charge in [-0.05, 0) is 36.1 Å². The largest absolute Gasteiger partial charge is 0.484 e. The minimum absolute atomic E-state index is 0.0331. The van der Waals surface area contributed by atoms with Crippen LogP contribution in [0.2, 0.25) is 0 Å². The number of nitrogens with one attached hydrogen (secondary N) is 1. The van der Waals surface area contributed by atoms with E-state index in [4.69, 9.17) is 4.74 Å². The molecule has 0 aliphatic carbocycles. The number of thiophene rings is 1. The second-order valence-electron chi connectivity index (χ2n) is 4.39. The van der Waals surface area contributed by atoms with E-state index in [1.165, 1.54) is 0 Å². The number of carbonyl (C=O) groups is 1. The summed E-state index contributed by atoms with van der Waals surface area (Å²) in [5, 5.41) is 14.2. The van der Waals surface area contributed by atoms with Gasteiger partial charge < -0.3 is 15.2 Å². The molecule has 0 spiro atoms. The zero-order chi connectivity index (χ0) is 14.4. The molecule has 0 saturated carbocycles. The first-order valence-electron chi connectivity index (χ1n) is 6.35. The van der Waals surface area contributed by atoms with Gasteiger partial charge in [-0.25, -0.2) is 0 Å². The summed E-state index contributed by atoms with van der Waals surface area (Å²) in [6.07, 6.45) is -0.550. The highest BCUT2D eigenvalue weighted by atomic mass is 32.1. The minimum atomic E-state index is -0.550. The Morgan fingerprint density at radius 3 is 2.95 bits per heavy atom. The number of amides is 1. The van der Waals surface area contributed by atoms with Crippen molar-refractivity contribution in [2.45, 2.75) is 19.6 Å². The van der Waals surface area contributed by atoms with Gasteiger partial charge >= 0.3 is 0 Å². The quantitative estimate of drug-likeness (QED) is 0.859. The van der Waals surface area contributed by atoms with Crippen LogP contribution in [0.3, 0.4) is 0 Å². The molecule has 20 heavy (non-hydrogen) atoms. The number of carbonyl (C=O) groups excluding carboxylic acids is 1. The Labute approximate surface area is 122 Å². The molecule has 0 saturated heterocycles. The second-order valence-corrected chi connectivity index (χ2v) is 5.43. The molecule has 0 fully saturated rings. The van der Waals surface area contributed by atoms with Crippen molar-refractivity contribution < 1.29 is 14.6 Å². The molecule has 1 atom stereocenters. The molecule has 0 bridgehead atoms. The predicted molar refractivity (Wildman–Crippen MR) is 78.7 cm³/mol. The molecule has 2 aromatic rings. The first-order chi connectivity index (χ1) is 9.65. The normalized spacial score (nSPS) is 11.9. The molecule has 4 nitrogen and oxygen atoms in total. The Bertz CT molecular complexity index is 552. The standard InChI is InChI=1S/C15H17NO3S/c1-11(17)12-4-2-5-13(8-12)19-10-15(18)16-9-14-6-3-7-20-14/h2-8,11,17H,9-10H2,1H3,(H,16,18). The number of hydrogen-bond acceptors (Lipinski definition) is 4. The molecular weight excluding hydrogens is 274 g/mol. The zero-order valence-corrected chi connectivity index (χ0v) is 12.0.